The minimum Gasteiger partial charge on any atom is -0.103 e. The van der Waals surface area contributed by atoms with Crippen molar-refractivity contribution in [3.8, 4) is 0 Å². The summed E-state index contributed by atoms with van der Waals surface area (Å²) in [7, 11) is 0. The third kappa shape index (κ3) is 5.51. The summed E-state index contributed by atoms with van der Waals surface area (Å²) in [5.74, 6) is 4.23. The molecule has 0 spiro atoms. The van der Waals surface area contributed by atoms with Crippen molar-refractivity contribution in [1.29, 1.82) is 0 Å². The van der Waals surface area contributed by atoms with Gasteiger partial charge in [0.15, 0.2) is 0 Å². The van der Waals surface area contributed by atoms with Crippen LogP contribution >= 0.6 is 0 Å². The molecule has 0 atom stereocenters. The Kier molecular flexibility index (Phi) is 8.94. The Morgan fingerprint density at radius 1 is 0.595 bits per heavy atom. The molecule has 2 aromatic rings. The lowest BCUT2D eigenvalue weighted by molar-refractivity contribution is 0.0897. The summed E-state index contributed by atoms with van der Waals surface area (Å²) in [5.41, 5.74) is 6.36. The molecule has 0 bridgehead atoms. The predicted octanol–water partition coefficient (Wildman–Crippen LogP) is 10.5. The summed E-state index contributed by atoms with van der Waals surface area (Å²) in [6.07, 6.45) is 22.9. The lowest BCUT2D eigenvalue weighted by atomic mass is 9.52. The molecule has 0 aromatic heterocycles. The molecule has 37 heavy (non-hydrogen) atoms. The van der Waals surface area contributed by atoms with Crippen molar-refractivity contribution in [2.45, 2.75) is 116 Å². The van der Waals surface area contributed by atoms with Gasteiger partial charge in [-0.3, -0.25) is 0 Å². The van der Waals surface area contributed by atoms with Crippen molar-refractivity contribution in [2.75, 3.05) is 0 Å². The van der Waals surface area contributed by atoms with Crippen LogP contribution < -0.4 is 0 Å². The molecule has 0 heterocycles. The van der Waals surface area contributed by atoms with Gasteiger partial charge in [0.05, 0.1) is 0 Å². The maximum absolute atomic E-state index is 4.08. The standard InChI is InChI=1S/C37H52/c1-4-28-12-18-31(19-13-28)32-20-26-36(27-21-32)37(33-10-8-7-9-11-33,34-22-14-29(5-2)15-23-34)35-24-16-30(6-3)17-25-35/h4,14-17,22-25,28,31-33,36H,1,5-13,18-21,26-27H2,2-3H3. The number of allylic oxidation sites excluding steroid dienone is 1. The molecule has 200 valence electrons. The zero-order chi connectivity index (χ0) is 25.7. The quantitative estimate of drug-likeness (QED) is 0.319. The van der Waals surface area contributed by atoms with Crippen LogP contribution in [0.4, 0.5) is 0 Å². The van der Waals surface area contributed by atoms with Crippen molar-refractivity contribution in [3.05, 3.63) is 83.4 Å². The first-order valence-electron chi connectivity index (χ1n) is 16.0. The molecule has 0 aliphatic heterocycles. The van der Waals surface area contributed by atoms with Gasteiger partial charge < -0.3 is 0 Å². The number of benzene rings is 2. The van der Waals surface area contributed by atoms with Crippen LogP contribution in [-0.4, -0.2) is 0 Å². The molecule has 0 amide bonds. The zero-order valence-corrected chi connectivity index (χ0v) is 23.9. The largest absolute Gasteiger partial charge is 0.103 e. The van der Waals surface area contributed by atoms with Gasteiger partial charge in [0.25, 0.3) is 0 Å². The van der Waals surface area contributed by atoms with Crippen molar-refractivity contribution in [2.24, 2.45) is 29.6 Å². The summed E-state index contributed by atoms with van der Waals surface area (Å²) in [6.45, 7) is 8.66. The Morgan fingerprint density at radius 3 is 1.46 bits per heavy atom. The lowest BCUT2D eigenvalue weighted by Gasteiger charge is -2.52. The van der Waals surface area contributed by atoms with Crippen LogP contribution in [-0.2, 0) is 18.3 Å². The number of rotatable bonds is 8. The van der Waals surface area contributed by atoms with E-state index in [0.717, 1.165) is 42.4 Å². The summed E-state index contributed by atoms with van der Waals surface area (Å²) in [5, 5.41) is 0. The molecule has 3 aliphatic rings. The Morgan fingerprint density at radius 2 is 1.03 bits per heavy atom. The fourth-order valence-corrected chi connectivity index (χ4v) is 8.93. The van der Waals surface area contributed by atoms with Crippen molar-refractivity contribution in [1.82, 2.24) is 0 Å². The van der Waals surface area contributed by atoms with E-state index in [-0.39, 0.29) is 5.41 Å². The monoisotopic (exact) mass is 496 g/mol. The Hall–Kier alpha value is -1.82. The number of hydrogen-bond donors (Lipinski definition) is 0. The van der Waals surface area contributed by atoms with Crippen molar-refractivity contribution in [3.63, 3.8) is 0 Å². The van der Waals surface area contributed by atoms with E-state index >= 15 is 0 Å². The first-order valence-corrected chi connectivity index (χ1v) is 16.0. The van der Waals surface area contributed by atoms with Crippen molar-refractivity contribution < 1.29 is 0 Å². The normalized spacial score (nSPS) is 27.6. The van der Waals surface area contributed by atoms with E-state index in [2.05, 4.69) is 75.0 Å². The van der Waals surface area contributed by atoms with Gasteiger partial charge in [-0.1, -0.05) is 87.7 Å². The van der Waals surface area contributed by atoms with E-state index in [1.165, 1.54) is 94.6 Å². The highest BCUT2D eigenvalue weighted by Crippen LogP contribution is 2.56. The third-order valence-electron chi connectivity index (χ3n) is 11.2. The van der Waals surface area contributed by atoms with Crippen LogP contribution in [0.25, 0.3) is 0 Å². The van der Waals surface area contributed by atoms with Crippen LogP contribution in [0.3, 0.4) is 0 Å². The van der Waals surface area contributed by atoms with E-state index in [4.69, 9.17) is 0 Å². The average molecular weight is 497 g/mol. The van der Waals surface area contributed by atoms with Crippen LogP contribution in [0.2, 0.25) is 0 Å². The molecule has 0 N–H and O–H groups in total. The van der Waals surface area contributed by atoms with Gasteiger partial charge in [0.2, 0.25) is 0 Å². The Bertz CT molecular complexity index is 910. The molecule has 0 radical (unpaired) electrons. The van der Waals surface area contributed by atoms with Gasteiger partial charge in [-0.15, -0.1) is 6.58 Å². The van der Waals surface area contributed by atoms with Gasteiger partial charge in [-0.05, 0) is 129 Å². The fourth-order valence-electron chi connectivity index (χ4n) is 8.93. The second kappa shape index (κ2) is 12.4. The Balaban J connectivity index is 1.49. The molecule has 0 saturated heterocycles. The minimum atomic E-state index is 0.171. The van der Waals surface area contributed by atoms with Crippen LogP contribution in [0, 0.1) is 29.6 Å². The van der Waals surface area contributed by atoms with Gasteiger partial charge in [-0.25, -0.2) is 0 Å². The highest BCUT2D eigenvalue weighted by molar-refractivity contribution is 5.44. The molecule has 5 rings (SSSR count). The Labute approximate surface area is 228 Å². The predicted molar refractivity (Wildman–Crippen MR) is 160 cm³/mol. The molecule has 3 fully saturated rings. The summed E-state index contributed by atoms with van der Waals surface area (Å²) in [4.78, 5) is 0. The van der Waals surface area contributed by atoms with E-state index in [1.54, 1.807) is 11.1 Å². The highest BCUT2D eigenvalue weighted by atomic mass is 14.5. The number of aryl methyl sites for hydroxylation is 2. The van der Waals surface area contributed by atoms with E-state index in [9.17, 15) is 0 Å². The fraction of sp³-hybridized carbons (Fsp3) is 0.622. The van der Waals surface area contributed by atoms with Crippen LogP contribution in [0.15, 0.2) is 61.2 Å². The third-order valence-corrected chi connectivity index (χ3v) is 11.2. The van der Waals surface area contributed by atoms with Crippen LogP contribution in [0.1, 0.15) is 120 Å². The van der Waals surface area contributed by atoms with E-state index < -0.39 is 0 Å². The van der Waals surface area contributed by atoms with Gasteiger partial charge >= 0.3 is 0 Å². The topological polar surface area (TPSA) is 0 Å². The van der Waals surface area contributed by atoms with Gasteiger partial charge in [-0.2, -0.15) is 0 Å². The van der Waals surface area contributed by atoms with E-state index in [0.29, 0.717) is 0 Å². The summed E-state index contributed by atoms with van der Waals surface area (Å²) >= 11 is 0. The first kappa shape index (κ1) is 26.8. The molecular formula is C37H52. The smallest absolute Gasteiger partial charge is 0.0259 e. The molecule has 0 nitrogen and oxygen atoms in total. The molecule has 0 heteroatoms. The molecule has 0 unspecified atom stereocenters. The maximum atomic E-state index is 4.08. The van der Waals surface area contributed by atoms with Gasteiger partial charge in [0, 0.05) is 5.41 Å². The maximum Gasteiger partial charge on any atom is 0.0259 e. The molecule has 3 aliphatic carbocycles. The molecular weight excluding hydrogens is 444 g/mol. The second-order valence-corrected chi connectivity index (χ2v) is 12.8. The minimum absolute atomic E-state index is 0.171. The molecule has 2 aromatic carbocycles. The van der Waals surface area contributed by atoms with E-state index in [1.807, 2.05) is 0 Å². The second-order valence-electron chi connectivity index (χ2n) is 12.8. The van der Waals surface area contributed by atoms with Gasteiger partial charge in [0.1, 0.15) is 0 Å². The first-order chi connectivity index (χ1) is 18.2. The van der Waals surface area contributed by atoms with Crippen molar-refractivity contribution >= 4 is 0 Å². The lowest BCUT2D eigenvalue weighted by Crippen LogP contribution is -2.46. The average Bonchev–Trinajstić information content (AvgIpc) is 2.99. The summed E-state index contributed by atoms with van der Waals surface area (Å²) in [6, 6.07) is 19.9. The highest BCUT2D eigenvalue weighted by Gasteiger charge is 2.49. The summed E-state index contributed by atoms with van der Waals surface area (Å²) < 4.78 is 0. The zero-order valence-electron chi connectivity index (χ0n) is 23.9. The number of hydrogen-bond acceptors (Lipinski definition) is 0. The molecule has 3 saturated carbocycles. The SMILES string of the molecule is C=CC1CCC(C2CCC(C(c3ccc(CC)cc3)(c3ccc(CC)cc3)C3CCCCC3)CC2)CC1. The van der Waals surface area contributed by atoms with Crippen LogP contribution in [0.5, 0.6) is 0 Å².